The van der Waals surface area contributed by atoms with E-state index in [1.807, 2.05) is 30.3 Å². The van der Waals surface area contributed by atoms with Gasteiger partial charge in [-0.3, -0.25) is 5.41 Å². The molecule has 1 N–H and O–H groups in total. The van der Waals surface area contributed by atoms with Gasteiger partial charge in [0.2, 0.25) is 0 Å². The molecule has 0 saturated heterocycles. The third-order valence-electron chi connectivity index (χ3n) is 10.8. The van der Waals surface area contributed by atoms with E-state index in [0.717, 1.165) is 28.0 Å². The van der Waals surface area contributed by atoms with Crippen LogP contribution in [-0.2, 0) is 5.41 Å². The largest absolute Gasteiger partial charge is 0.282 e. The maximum absolute atomic E-state index is 8.90. The molecule has 2 nitrogen and oxygen atoms in total. The first kappa shape index (κ1) is 32.3. The van der Waals surface area contributed by atoms with Gasteiger partial charge in [-0.15, -0.1) is 0 Å². The SMILES string of the molecule is CC1(C)c2ccccc2-c2cc(-c3ccc(/C=C/C(=NC(=N)c4ccccc4)c4ccc(-c5ccc6ccccc6c5)cc4)c4ccccc34)ccc21. The summed E-state index contributed by atoms with van der Waals surface area (Å²) >= 11 is 0. The number of nitrogens with zero attached hydrogens (tertiary/aromatic N) is 1. The topological polar surface area (TPSA) is 36.2 Å². The maximum Gasteiger partial charge on any atom is 0.152 e. The number of fused-ring (bicyclic) bond motifs is 5. The minimum Gasteiger partial charge on any atom is -0.282 e. The molecular formula is C51H38N2. The number of allylic oxidation sites excluding steroid dienone is 1. The molecule has 0 heterocycles. The molecule has 252 valence electrons. The number of aliphatic imine (C=N–C) groups is 1. The van der Waals surface area contributed by atoms with E-state index >= 15 is 0 Å². The number of hydrogen-bond acceptors (Lipinski definition) is 1. The van der Waals surface area contributed by atoms with Crippen molar-refractivity contribution in [3.05, 3.63) is 210 Å². The van der Waals surface area contributed by atoms with Crippen LogP contribution in [-0.4, -0.2) is 11.5 Å². The number of nitrogens with one attached hydrogen (secondary N) is 1. The summed E-state index contributed by atoms with van der Waals surface area (Å²) in [5.74, 6) is 0.227. The maximum atomic E-state index is 8.90. The van der Waals surface area contributed by atoms with Crippen molar-refractivity contribution in [1.29, 1.82) is 5.41 Å². The lowest BCUT2D eigenvalue weighted by Gasteiger charge is -2.21. The number of rotatable bonds is 6. The molecule has 0 amide bonds. The first-order valence-electron chi connectivity index (χ1n) is 18.2. The van der Waals surface area contributed by atoms with Crippen LogP contribution in [0, 0.1) is 5.41 Å². The van der Waals surface area contributed by atoms with Crippen molar-refractivity contribution in [3.63, 3.8) is 0 Å². The van der Waals surface area contributed by atoms with Gasteiger partial charge in [-0.05, 0) is 89.8 Å². The van der Waals surface area contributed by atoms with Crippen LogP contribution in [0.15, 0.2) is 187 Å². The van der Waals surface area contributed by atoms with Gasteiger partial charge < -0.3 is 0 Å². The van der Waals surface area contributed by atoms with Gasteiger partial charge in [0.1, 0.15) is 0 Å². The zero-order valence-electron chi connectivity index (χ0n) is 29.8. The predicted octanol–water partition coefficient (Wildman–Crippen LogP) is 13.2. The molecule has 0 saturated carbocycles. The van der Waals surface area contributed by atoms with E-state index in [0.29, 0.717) is 0 Å². The molecule has 2 heteroatoms. The number of hydrogen-bond donors (Lipinski definition) is 1. The van der Waals surface area contributed by atoms with E-state index in [1.54, 1.807) is 0 Å². The van der Waals surface area contributed by atoms with Crippen LogP contribution in [0.2, 0.25) is 0 Å². The summed E-state index contributed by atoms with van der Waals surface area (Å²) in [6.07, 6.45) is 4.19. The fourth-order valence-corrected chi connectivity index (χ4v) is 7.96. The molecular weight excluding hydrogens is 641 g/mol. The van der Waals surface area contributed by atoms with Crippen molar-refractivity contribution in [2.75, 3.05) is 0 Å². The molecule has 0 aromatic heterocycles. The van der Waals surface area contributed by atoms with E-state index in [2.05, 4.69) is 172 Å². The molecule has 0 unspecified atom stereocenters. The first-order chi connectivity index (χ1) is 25.9. The molecule has 0 radical (unpaired) electrons. The Kier molecular flexibility index (Phi) is 8.01. The summed E-state index contributed by atoms with van der Waals surface area (Å²) in [5.41, 5.74) is 13.7. The summed E-state index contributed by atoms with van der Waals surface area (Å²) in [5, 5.41) is 13.7. The van der Waals surface area contributed by atoms with Gasteiger partial charge in [0, 0.05) is 16.5 Å². The molecule has 8 aromatic carbocycles. The lowest BCUT2D eigenvalue weighted by Crippen LogP contribution is -2.14. The van der Waals surface area contributed by atoms with Crippen LogP contribution in [0.3, 0.4) is 0 Å². The zero-order chi connectivity index (χ0) is 35.9. The Morgan fingerprint density at radius 1 is 0.491 bits per heavy atom. The first-order valence-corrected chi connectivity index (χ1v) is 18.2. The van der Waals surface area contributed by atoms with E-state index in [1.165, 1.54) is 60.5 Å². The van der Waals surface area contributed by atoms with Crippen LogP contribution >= 0.6 is 0 Å². The van der Waals surface area contributed by atoms with Crippen molar-refractivity contribution in [2.24, 2.45) is 4.99 Å². The van der Waals surface area contributed by atoms with E-state index in [-0.39, 0.29) is 11.3 Å². The standard InChI is InChI=1S/C51H38N2/c1-51(2)47-19-11-10-18-45(47)46-33-41(27-30-48(46)51)43-29-26-36(42-16-8-9-17-44(42)43)28-31-49(53-50(52)38-13-4-3-5-14-38)37-23-20-35(21-24-37)40-25-22-34-12-6-7-15-39(34)32-40/h3-33,52H,1-2H3/b31-28+,52-50?,53-49?. The van der Waals surface area contributed by atoms with Crippen molar-refractivity contribution in [3.8, 4) is 33.4 Å². The number of benzene rings is 8. The Hall–Kier alpha value is -6.64. The molecule has 8 aromatic rings. The Morgan fingerprint density at radius 3 is 1.98 bits per heavy atom. The van der Waals surface area contributed by atoms with E-state index in [4.69, 9.17) is 10.4 Å². The molecule has 53 heavy (non-hydrogen) atoms. The Labute approximate surface area is 311 Å². The highest BCUT2D eigenvalue weighted by Gasteiger charge is 2.35. The summed E-state index contributed by atoms with van der Waals surface area (Å²) in [6, 6.07) is 62.2. The van der Waals surface area contributed by atoms with Crippen LogP contribution in [0.4, 0.5) is 0 Å². The number of amidine groups is 1. The van der Waals surface area contributed by atoms with Gasteiger partial charge in [0.25, 0.3) is 0 Å². The van der Waals surface area contributed by atoms with E-state index < -0.39 is 0 Å². The van der Waals surface area contributed by atoms with Crippen molar-refractivity contribution < 1.29 is 0 Å². The zero-order valence-corrected chi connectivity index (χ0v) is 29.8. The average molecular weight is 679 g/mol. The smallest absolute Gasteiger partial charge is 0.152 e. The predicted molar refractivity (Wildman–Crippen MR) is 225 cm³/mol. The summed E-state index contributed by atoms with van der Waals surface area (Å²) in [4.78, 5) is 4.90. The molecule has 0 bridgehead atoms. The molecule has 0 fully saturated rings. The third kappa shape index (κ3) is 5.89. The van der Waals surface area contributed by atoms with Crippen LogP contribution < -0.4 is 0 Å². The lowest BCUT2D eigenvalue weighted by atomic mass is 9.82. The highest BCUT2D eigenvalue weighted by molar-refractivity contribution is 6.18. The van der Waals surface area contributed by atoms with Gasteiger partial charge in [0.15, 0.2) is 5.84 Å². The van der Waals surface area contributed by atoms with Gasteiger partial charge >= 0.3 is 0 Å². The van der Waals surface area contributed by atoms with Gasteiger partial charge in [0.05, 0.1) is 5.71 Å². The Morgan fingerprint density at radius 2 is 1.15 bits per heavy atom. The molecule has 0 spiro atoms. The molecule has 9 rings (SSSR count). The second-order valence-electron chi connectivity index (χ2n) is 14.4. The summed E-state index contributed by atoms with van der Waals surface area (Å²) in [7, 11) is 0. The average Bonchev–Trinajstić information content (AvgIpc) is 3.44. The third-order valence-corrected chi connectivity index (χ3v) is 10.8. The normalized spacial score (nSPS) is 13.4. The van der Waals surface area contributed by atoms with Crippen molar-refractivity contribution >= 4 is 39.2 Å². The minimum absolute atomic E-state index is 0.0198. The molecule has 0 aliphatic heterocycles. The monoisotopic (exact) mass is 678 g/mol. The van der Waals surface area contributed by atoms with Crippen molar-refractivity contribution in [1.82, 2.24) is 0 Å². The highest BCUT2D eigenvalue weighted by atomic mass is 14.8. The van der Waals surface area contributed by atoms with E-state index in [9.17, 15) is 0 Å². The fraction of sp³-hybridized carbons (Fsp3) is 0.0588. The lowest BCUT2D eigenvalue weighted by molar-refractivity contribution is 0.660. The summed E-state index contributed by atoms with van der Waals surface area (Å²) < 4.78 is 0. The van der Waals surface area contributed by atoms with Gasteiger partial charge in [-0.25, -0.2) is 4.99 Å². The van der Waals surface area contributed by atoms with Crippen LogP contribution in [0.25, 0.3) is 61.0 Å². The van der Waals surface area contributed by atoms with Crippen LogP contribution in [0.5, 0.6) is 0 Å². The van der Waals surface area contributed by atoms with Gasteiger partial charge in [-0.2, -0.15) is 0 Å². The Bertz CT molecular complexity index is 2750. The van der Waals surface area contributed by atoms with Crippen LogP contribution in [0.1, 0.15) is 41.7 Å². The minimum atomic E-state index is -0.0198. The molecule has 0 atom stereocenters. The highest BCUT2D eigenvalue weighted by Crippen LogP contribution is 2.49. The van der Waals surface area contributed by atoms with Crippen molar-refractivity contribution in [2.45, 2.75) is 19.3 Å². The van der Waals surface area contributed by atoms with Gasteiger partial charge in [-0.1, -0.05) is 184 Å². The second-order valence-corrected chi connectivity index (χ2v) is 14.4. The Balaban J connectivity index is 1.09. The summed E-state index contributed by atoms with van der Waals surface area (Å²) in [6.45, 7) is 4.65. The quantitative estimate of drug-likeness (QED) is 0.134. The fourth-order valence-electron chi connectivity index (χ4n) is 7.96. The second kappa shape index (κ2) is 13.2. The molecule has 1 aliphatic rings. The molecule has 1 aliphatic carbocycles.